The highest BCUT2D eigenvalue weighted by atomic mass is 79.9. The lowest BCUT2D eigenvalue weighted by Gasteiger charge is -2.35. The number of rotatable bonds is 1. The van der Waals surface area contributed by atoms with Gasteiger partial charge in [-0.25, -0.2) is 0 Å². The predicted octanol–water partition coefficient (Wildman–Crippen LogP) is 2.50. The van der Waals surface area contributed by atoms with Crippen LogP contribution in [0.15, 0.2) is 16.9 Å². The molecule has 1 saturated carbocycles. The third-order valence-electron chi connectivity index (χ3n) is 3.47. The van der Waals surface area contributed by atoms with Crippen molar-refractivity contribution in [1.82, 2.24) is 9.78 Å². The molecule has 0 atom stereocenters. The van der Waals surface area contributed by atoms with E-state index in [2.05, 4.69) is 21.0 Å². The van der Waals surface area contributed by atoms with Crippen molar-refractivity contribution in [3.63, 3.8) is 0 Å². The summed E-state index contributed by atoms with van der Waals surface area (Å²) in [4.78, 5) is 0. The molecule has 1 saturated heterocycles. The fourth-order valence-electron chi connectivity index (χ4n) is 2.61. The largest absolute Gasteiger partial charge is 0.348 e. The molecule has 1 spiro atoms. The Balaban J connectivity index is 1.66. The topological polar surface area (TPSA) is 36.3 Å². The van der Waals surface area contributed by atoms with Crippen LogP contribution in [0.5, 0.6) is 0 Å². The standard InChI is InChI=1S/C11H15BrN2O2/c12-9-7-13-14(8-9)10-1-3-11(4-2-10)15-5-6-16-11/h7-8,10H,1-6H2. The van der Waals surface area contributed by atoms with Gasteiger partial charge in [0.25, 0.3) is 0 Å². The predicted molar refractivity (Wildman–Crippen MR) is 62.1 cm³/mol. The van der Waals surface area contributed by atoms with E-state index in [1.54, 1.807) is 0 Å². The van der Waals surface area contributed by atoms with Crippen molar-refractivity contribution in [3.8, 4) is 0 Å². The fourth-order valence-corrected chi connectivity index (χ4v) is 2.91. The van der Waals surface area contributed by atoms with Gasteiger partial charge in [0, 0.05) is 19.0 Å². The minimum absolute atomic E-state index is 0.263. The Labute approximate surface area is 103 Å². The number of ether oxygens (including phenoxy) is 2. The summed E-state index contributed by atoms with van der Waals surface area (Å²) in [7, 11) is 0. The number of hydrogen-bond donors (Lipinski definition) is 0. The van der Waals surface area contributed by atoms with Crippen LogP contribution in [0.1, 0.15) is 31.7 Å². The van der Waals surface area contributed by atoms with Crippen LogP contribution in [0.25, 0.3) is 0 Å². The lowest BCUT2D eigenvalue weighted by molar-refractivity contribution is -0.181. The first-order chi connectivity index (χ1) is 7.77. The molecule has 5 heteroatoms. The number of halogens is 1. The van der Waals surface area contributed by atoms with E-state index in [1.807, 2.05) is 17.1 Å². The normalized spacial score (nSPS) is 25.3. The van der Waals surface area contributed by atoms with E-state index in [0.29, 0.717) is 6.04 Å². The first kappa shape index (κ1) is 10.7. The Morgan fingerprint density at radius 2 is 2.00 bits per heavy atom. The van der Waals surface area contributed by atoms with Crippen molar-refractivity contribution < 1.29 is 9.47 Å². The van der Waals surface area contributed by atoms with Gasteiger partial charge in [-0.2, -0.15) is 5.10 Å². The number of nitrogens with zero attached hydrogens (tertiary/aromatic N) is 2. The Bertz CT molecular complexity index is 364. The van der Waals surface area contributed by atoms with E-state index >= 15 is 0 Å². The smallest absolute Gasteiger partial charge is 0.168 e. The second-order valence-electron chi connectivity index (χ2n) is 4.48. The average Bonchev–Trinajstić information content (AvgIpc) is 2.90. The molecule has 16 heavy (non-hydrogen) atoms. The van der Waals surface area contributed by atoms with Crippen molar-refractivity contribution in [2.75, 3.05) is 13.2 Å². The molecule has 4 nitrogen and oxygen atoms in total. The van der Waals surface area contributed by atoms with Gasteiger partial charge in [-0.3, -0.25) is 4.68 Å². The molecular weight excluding hydrogens is 272 g/mol. The first-order valence-corrected chi connectivity index (χ1v) is 6.54. The maximum absolute atomic E-state index is 5.71. The highest BCUT2D eigenvalue weighted by Gasteiger charge is 2.40. The number of hydrogen-bond acceptors (Lipinski definition) is 3. The molecule has 88 valence electrons. The monoisotopic (exact) mass is 286 g/mol. The third-order valence-corrected chi connectivity index (χ3v) is 3.88. The summed E-state index contributed by atoms with van der Waals surface area (Å²) >= 11 is 3.43. The van der Waals surface area contributed by atoms with Gasteiger partial charge in [0.15, 0.2) is 5.79 Å². The maximum Gasteiger partial charge on any atom is 0.168 e. The molecule has 1 aromatic heterocycles. The highest BCUT2D eigenvalue weighted by molar-refractivity contribution is 9.10. The molecular formula is C11H15BrN2O2. The Hall–Kier alpha value is -0.390. The molecule has 2 fully saturated rings. The van der Waals surface area contributed by atoms with Gasteiger partial charge in [0.2, 0.25) is 0 Å². The minimum atomic E-state index is -0.263. The van der Waals surface area contributed by atoms with Gasteiger partial charge >= 0.3 is 0 Å². The number of aromatic nitrogens is 2. The zero-order chi connectivity index (χ0) is 11.0. The molecule has 2 aliphatic rings. The summed E-state index contributed by atoms with van der Waals surface area (Å²) in [6, 6.07) is 0.490. The van der Waals surface area contributed by atoms with Crippen molar-refractivity contribution in [3.05, 3.63) is 16.9 Å². The summed E-state index contributed by atoms with van der Waals surface area (Å²) in [6.45, 7) is 1.50. The Morgan fingerprint density at radius 1 is 1.31 bits per heavy atom. The van der Waals surface area contributed by atoms with E-state index in [9.17, 15) is 0 Å². The van der Waals surface area contributed by atoms with Gasteiger partial charge in [-0.15, -0.1) is 0 Å². The van der Waals surface area contributed by atoms with E-state index in [4.69, 9.17) is 9.47 Å². The van der Waals surface area contributed by atoms with Gasteiger partial charge in [0.1, 0.15) is 0 Å². The molecule has 0 radical (unpaired) electrons. The lowest BCUT2D eigenvalue weighted by atomic mass is 9.90. The van der Waals surface area contributed by atoms with Crippen molar-refractivity contribution >= 4 is 15.9 Å². The van der Waals surface area contributed by atoms with Gasteiger partial charge < -0.3 is 9.47 Å². The Kier molecular flexibility index (Phi) is 2.77. The third kappa shape index (κ3) is 1.92. The van der Waals surface area contributed by atoms with Gasteiger partial charge in [0.05, 0.1) is 29.9 Å². The summed E-state index contributed by atoms with van der Waals surface area (Å²) in [5.74, 6) is -0.263. The highest BCUT2D eigenvalue weighted by Crippen LogP contribution is 2.40. The van der Waals surface area contributed by atoms with Crippen LogP contribution >= 0.6 is 15.9 Å². The van der Waals surface area contributed by atoms with Crippen LogP contribution in [0.4, 0.5) is 0 Å². The summed E-state index contributed by atoms with van der Waals surface area (Å²) in [5.41, 5.74) is 0. The second-order valence-corrected chi connectivity index (χ2v) is 5.39. The van der Waals surface area contributed by atoms with Crippen molar-refractivity contribution in [2.24, 2.45) is 0 Å². The molecule has 1 aromatic rings. The van der Waals surface area contributed by atoms with Crippen LogP contribution in [-0.4, -0.2) is 28.8 Å². The molecule has 3 rings (SSSR count). The molecule has 0 amide bonds. The molecule has 0 bridgehead atoms. The molecule has 1 aliphatic carbocycles. The summed E-state index contributed by atoms with van der Waals surface area (Å²) in [6.07, 6.45) is 8.00. The average molecular weight is 287 g/mol. The molecule has 0 N–H and O–H groups in total. The minimum Gasteiger partial charge on any atom is -0.348 e. The SMILES string of the molecule is Brc1cnn(C2CCC3(CC2)OCCO3)c1. The fraction of sp³-hybridized carbons (Fsp3) is 0.727. The molecule has 1 aliphatic heterocycles. The van der Waals surface area contributed by atoms with Crippen molar-refractivity contribution in [2.45, 2.75) is 37.5 Å². The summed E-state index contributed by atoms with van der Waals surface area (Å²) < 4.78 is 14.5. The van der Waals surface area contributed by atoms with Crippen LogP contribution in [-0.2, 0) is 9.47 Å². The van der Waals surface area contributed by atoms with Gasteiger partial charge in [-0.05, 0) is 28.8 Å². The maximum atomic E-state index is 5.71. The molecule has 0 aromatic carbocycles. The molecule has 2 heterocycles. The van der Waals surface area contributed by atoms with Gasteiger partial charge in [-0.1, -0.05) is 0 Å². The van der Waals surface area contributed by atoms with E-state index in [1.165, 1.54) is 0 Å². The zero-order valence-corrected chi connectivity index (χ0v) is 10.6. The van der Waals surface area contributed by atoms with Crippen molar-refractivity contribution in [1.29, 1.82) is 0 Å². The first-order valence-electron chi connectivity index (χ1n) is 5.75. The van der Waals surface area contributed by atoms with E-state index < -0.39 is 0 Å². The summed E-state index contributed by atoms with van der Waals surface area (Å²) in [5, 5.41) is 4.34. The quantitative estimate of drug-likeness (QED) is 0.796. The second kappa shape index (κ2) is 4.13. The lowest BCUT2D eigenvalue weighted by Crippen LogP contribution is -2.35. The van der Waals surface area contributed by atoms with Crippen LogP contribution in [0.3, 0.4) is 0 Å². The van der Waals surface area contributed by atoms with Crippen LogP contribution in [0, 0.1) is 0 Å². The molecule has 0 unspecified atom stereocenters. The van der Waals surface area contributed by atoms with Crippen LogP contribution in [0.2, 0.25) is 0 Å². The van der Waals surface area contributed by atoms with Crippen LogP contribution < -0.4 is 0 Å². The van der Waals surface area contributed by atoms with E-state index in [-0.39, 0.29) is 5.79 Å². The Morgan fingerprint density at radius 3 is 2.56 bits per heavy atom. The van der Waals surface area contributed by atoms with E-state index in [0.717, 1.165) is 43.4 Å². The zero-order valence-electron chi connectivity index (χ0n) is 9.06.